The fourth-order valence-electron chi connectivity index (χ4n) is 2.52. The van der Waals surface area contributed by atoms with Crippen molar-refractivity contribution < 1.29 is 18.3 Å². The molecular formula is C19H30O4S. The maximum absolute atomic E-state index is 12.3. The zero-order valence-corrected chi connectivity index (χ0v) is 16.0. The molecule has 136 valence electrons. The van der Waals surface area contributed by atoms with E-state index < -0.39 is 21.1 Å². The molecule has 0 heterocycles. The van der Waals surface area contributed by atoms with Crippen molar-refractivity contribution >= 4 is 15.8 Å². The third kappa shape index (κ3) is 7.04. The van der Waals surface area contributed by atoms with Crippen molar-refractivity contribution in [2.24, 2.45) is 0 Å². The van der Waals surface area contributed by atoms with E-state index in [2.05, 4.69) is 32.9 Å². The van der Waals surface area contributed by atoms with Crippen LogP contribution in [0.2, 0.25) is 0 Å². The maximum atomic E-state index is 12.3. The van der Waals surface area contributed by atoms with E-state index in [9.17, 15) is 13.2 Å². The molecule has 4 nitrogen and oxygen atoms in total. The lowest BCUT2D eigenvalue weighted by molar-refractivity contribution is -0.137. The smallest absolute Gasteiger partial charge is 0.303 e. The van der Waals surface area contributed by atoms with Crippen LogP contribution in [0, 0.1) is 0 Å². The molecule has 0 spiro atoms. The Labute approximate surface area is 146 Å². The van der Waals surface area contributed by atoms with Crippen LogP contribution in [0.15, 0.2) is 24.3 Å². The molecule has 0 aliphatic carbocycles. The summed E-state index contributed by atoms with van der Waals surface area (Å²) >= 11 is 0. The summed E-state index contributed by atoms with van der Waals surface area (Å²) in [5.74, 6) is -0.689. The van der Waals surface area contributed by atoms with E-state index in [-0.39, 0.29) is 17.6 Å². The van der Waals surface area contributed by atoms with Crippen molar-refractivity contribution in [2.45, 2.75) is 70.5 Å². The highest BCUT2D eigenvalue weighted by atomic mass is 32.2. The van der Waals surface area contributed by atoms with Gasteiger partial charge in [-0.3, -0.25) is 4.79 Å². The molecular weight excluding hydrogens is 324 g/mol. The molecule has 0 aromatic heterocycles. The molecule has 24 heavy (non-hydrogen) atoms. The van der Waals surface area contributed by atoms with E-state index >= 15 is 0 Å². The minimum absolute atomic E-state index is 0.0923. The number of carbonyl (C=O) groups is 1. The zero-order valence-electron chi connectivity index (χ0n) is 15.2. The first-order valence-electron chi connectivity index (χ1n) is 8.55. The fourth-order valence-corrected chi connectivity index (χ4v) is 3.97. The Bertz CT molecular complexity index is 624. The second kappa shape index (κ2) is 8.65. The largest absolute Gasteiger partial charge is 0.481 e. The molecule has 1 rings (SSSR count). The average molecular weight is 355 g/mol. The summed E-state index contributed by atoms with van der Waals surface area (Å²) in [6.45, 7) is 8.17. The molecule has 1 unspecified atom stereocenters. The number of rotatable bonds is 9. The second-order valence-corrected chi connectivity index (χ2v) is 10.1. The van der Waals surface area contributed by atoms with Gasteiger partial charge in [0.05, 0.1) is 11.0 Å². The van der Waals surface area contributed by atoms with Crippen LogP contribution < -0.4 is 0 Å². The molecule has 1 atom stereocenters. The third-order valence-corrected chi connectivity index (χ3v) is 6.59. The Balaban J connectivity index is 2.51. The van der Waals surface area contributed by atoms with Gasteiger partial charge in [-0.05, 0) is 42.7 Å². The van der Waals surface area contributed by atoms with Gasteiger partial charge in [0.25, 0.3) is 0 Å². The van der Waals surface area contributed by atoms with Crippen molar-refractivity contribution in [3.05, 3.63) is 35.4 Å². The van der Waals surface area contributed by atoms with E-state index in [1.807, 2.05) is 12.1 Å². The summed E-state index contributed by atoms with van der Waals surface area (Å²) in [5, 5.41) is 8.18. The maximum Gasteiger partial charge on any atom is 0.303 e. The first kappa shape index (κ1) is 20.7. The molecule has 0 aliphatic heterocycles. The summed E-state index contributed by atoms with van der Waals surface area (Å²) in [6.07, 6.45) is 2.31. The zero-order chi connectivity index (χ0) is 18.4. The Morgan fingerprint density at radius 2 is 1.71 bits per heavy atom. The third-order valence-electron chi connectivity index (χ3n) is 4.36. The number of carboxylic acid groups (broad SMARTS) is 1. The average Bonchev–Trinajstić information content (AvgIpc) is 2.48. The summed E-state index contributed by atoms with van der Waals surface area (Å²) < 4.78 is 24.7. The van der Waals surface area contributed by atoms with Gasteiger partial charge < -0.3 is 5.11 Å². The number of unbranched alkanes of at least 4 members (excludes halogenated alkanes) is 1. The SMILES string of the molecule is CC(CCCCC(=O)O)S(=O)(=O)CCc1ccc(C(C)(C)C)cc1. The number of carboxylic acids is 1. The first-order valence-corrected chi connectivity index (χ1v) is 10.3. The van der Waals surface area contributed by atoms with Gasteiger partial charge >= 0.3 is 5.97 Å². The van der Waals surface area contributed by atoms with E-state index in [0.29, 0.717) is 25.7 Å². The topological polar surface area (TPSA) is 71.4 Å². The number of aryl methyl sites for hydroxylation is 1. The number of hydrogen-bond acceptors (Lipinski definition) is 3. The van der Waals surface area contributed by atoms with Crippen LogP contribution in [0.3, 0.4) is 0 Å². The first-order chi connectivity index (χ1) is 11.0. The molecule has 0 amide bonds. The van der Waals surface area contributed by atoms with Gasteiger partial charge in [-0.25, -0.2) is 8.42 Å². The molecule has 0 fully saturated rings. The Hall–Kier alpha value is -1.36. The van der Waals surface area contributed by atoms with Crippen LogP contribution in [0.25, 0.3) is 0 Å². The normalized spacial score (nSPS) is 13.7. The lowest BCUT2D eigenvalue weighted by atomic mass is 9.86. The van der Waals surface area contributed by atoms with Gasteiger partial charge in [-0.2, -0.15) is 0 Å². The van der Waals surface area contributed by atoms with Crippen LogP contribution in [0.4, 0.5) is 0 Å². The monoisotopic (exact) mass is 354 g/mol. The lowest BCUT2D eigenvalue weighted by Crippen LogP contribution is -2.22. The van der Waals surface area contributed by atoms with Crippen LogP contribution in [-0.2, 0) is 26.5 Å². The summed E-state index contributed by atoms with van der Waals surface area (Å²) in [6, 6.07) is 8.15. The van der Waals surface area contributed by atoms with E-state index in [1.54, 1.807) is 6.92 Å². The second-order valence-electron chi connectivity index (χ2n) is 7.51. The van der Waals surface area contributed by atoms with E-state index in [0.717, 1.165) is 5.56 Å². The predicted molar refractivity (Wildman–Crippen MR) is 98.2 cm³/mol. The predicted octanol–water partition coefficient (Wildman–Crippen LogP) is 3.97. The van der Waals surface area contributed by atoms with Crippen LogP contribution in [0.1, 0.15) is 64.5 Å². The van der Waals surface area contributed by atoms with Gasteiger partial charge in [0.15, 0.2) is 9.84 Å². The number of aliphatic carboxylic acids is 1. The van der Waals surface area contributed by atoms with Gasteiger partial charge in [0.2, 0.25) is 0 Å². The quantitative estimate of drug-likeness (QED) is 0.681. The standard InChI is InChI=1S/C19H30O4S/c1-15(7-5-6-8-18(20)21)24(22,23)14-13-16-9-11-17(12-10-16)19(2,3)4/h9-12,15H,5-8,13-14H2,1-4H3,(H,20,21). The van der Waals surface area contributed by atoms with Crippen molar-refractivity contribution in [2.75, 3.05) is 5.75 Å². The molecule has 0 saturated carbocycles. The van der Waals surface area contributed by atoms with Crippen molar-refractivity contribution in [1.29, 1.82) is 0 Å². The van der Waals surface area contributed by atoms with Gasteiger partial charge in [-0.15, -0.1) is 0 Å². The van der Waals surface area contributed by atoms with Crippen molar-refractivity contribution in [1.82, 2.24) is 0 Å². The minimum Gasteiger partial charge on any atom is -0.481 e. The van der Waals surface area contributed by atoms with E-state index in [1.165, 1.54) is 5.56 Å². The molecule has 0 radical (unpaired) electrons. The Kier molecular flexibility index (Phi) is 7.46. The van der Waals surface area contributed by atoms with Crippen LogP contribution in [0.5, 0.6) is 0 Å². The highest BCUT2D eigenvalue weighted by molar-refractivity contribution is 7.92. The Morgan fingerprint density at radius 1 is 1.12 bits per heavy atom. The minimum atomic E-state index is -3.15. The summed E-state index contributed by atoms with van der Waals surface area (Å²) in [5.41, 5.74) is 2.36. The number of hydrogen-bond donors (Lipinski definition) is 1. The highest BCUT2D eigenvalue weighted by Gasteiger charge is 2.20. The molecule has 0 bridgehead atoms. The summed E-state index contributed by atoms with van der Waals surface area (Å²) in [4.78, 5) is 10.5. The van der Waals surface area contributed by atoms with Crippen LogP contribution >= 0.6 is 0 Å². The highest BCUT2D eigenvalue weighted by Crippen LogP contribution is 2.22. The van der Waals surface area contributed by atoms with Crippen LogP contribution in [-0.4, -0.2) is 30.5 Å². The lowest BCUT2D eigenvalue weighted by Gasteiger charge is -2.19. The van der Waals surface area contributed by atoms with Gasteiger partial charge in [-0.1, -0.05) is 51.5 Å². The Morgan fingerprint density at radius 3 is 2.21 bits per heavy atom. The van der Waals surface area contributed by atoms with Gasteiger partial charge in [0, 0.05) is 6.42 Å². The molecule has 5 heteroatoms. The van der Waals surface area contributed by atoms with Gasteiger partial charge in [0.1, 0.15) is 0 Å². The molecule has 0 aliphatic rings. The number of benzene rings is 1. The number of sulfone groups is 1. The fraction of sp³-hybridized carbons (Fsp3) is 0.632. The molecule has 1 N–H and O–H groups in total. The van der Waals surface area contributed by atoms with Crippen molar-refractivity contribution in [3.8, 4) is 0 Å². The van der Waals surface area contributed by atoms with Crippen molar-refractivity contribution in [3.63, 3.8) is 0 Å². The molecule has 1 aromatic carbocycles. The molecule has 1 aromatic rings. The van der Waals surface area contributed by atoms with E-state index in [4.69, 9.17) is 5.11 Å². The summed E-state index contributed by atoms with van der Waals surface area (Å²) in [7, 11) is -3.15. The molecule has 0 saturated heterocycles.